The number of aromatic nitrogens is 2. The number of halogens is 1. The molecular weight excluding hydrogens is 275 g/mol. The summed E-state index contributed by atoms with van der Waals surface area (Å²) < 4.78 is 16.9. The number of anilines is 1. The maximum absolute atomic E-state index is 13.3. The van der Waals surface area contributed by atoms with E-state index in [1.165, 1.54) is 23.6 Å². The highest BCUT2D eigenvalue weighted by molar-refractivity contribution is 7.80. The lowest BCUT2D eigenvalue weighted by molar-refractivity contribution is 0.102. The number of benzene rings is 1. The van der Waals surface area contributed by atoms with Crippen molar-refractivity contribution < 1.29 is 9.18 Å². The first-order valence-corrected chi connectivity index (χ1v) is 6.00. The molecule has 0 atom stereocenters. The van der Waals surface area contributed by atoms with Crippen molar-refractivity contribution in [2.24, 2.45) is 5.73 Å². The third kappa shape index (κ3) is 2.66. The van der Waals surface area contributed by atoms with Gasteiger partial charge in [0.2, 0.25) is 0 Å². The molecule has 0 aliphatic carbocycles. The van der Waals surface area contributed by atoms with Gasteiger partial charge in [-0.15, -0.1) is 5.10 Å². The summed E-state index contributed by atoms with van der Waals surface area (Å²) in [5, 5.41) is 7.68. The minimum atomic E-state index is -0.532. The number of hydrogen-bond acceptors (Lipinski definition) is 5. The van der Waals surface area contributed by atoms with Gasteiger partial charge in [0.1, 0.15) is 10.8 Å². The highest BCUT2D eigenvalue weighted by atomic mass is 32.1. The summed E-state index contributed by atoms with van der Waals surface area (Å²) >= 11 is 5.77. The van der Waals surface area contributed by atoms with E-state index in [1.54, 1.807) is 0 Å². The van der Waals surface area contributed by atoms with Crippen molar-refractivity contribution in [3.8, 4) is 0 Å². The highest BCUT2D eigenvalue weighted by Crippen LogP contribution is 2.15. The Hall–Kier alpha value is -1.93. The summed E-state index contributed by atoms with van der Waals surface area (Å²) in [5.41, 5.74) is 6.03. The van der Waals surface area contributed by atoms with Crippen LogP contribution in [0.2, 0.25) is 0 Å². The summed E-state index contributed by atoms with van der Waals surface area (Å²) in [6.07, 6.45) is 0. The van der Waals surface area contributed by atoms with Gasteiger partial charge in [0.25, 0.3) is 5.91 Å². The number of nitrogens with zero attached hydrogens (tertiary/aromatic N) is 2. The van der Waals surface area contributed by atoms with Crippen molar-refractivity contribution in [2.75, 3.05) is 5.32 Å². The molecule has 0 aliphatic rings. The van der Waals surface area contributed by atoms with E-state index >= 15 is 0 Å². The molecule has 0 radical (unpaired) electrons. The van der Waals surface area contributed by atoms with Crippen LogP contribution in [0.4, 0.5) is 10.1 Å². The molecule has 0 bridgehead atoms. The predicted molar refractivity (Wildman–Crippen MR) is 70.1 cm³/mol. The minimum Gasteiger partial charge on any atom is -0.389 e. The van der Waals surface area contributed by atoms with Crippen molar-refractivity contribution in [3.05, 3.63) is 40.7 Å². The maximum Gasteiger partial charge on any atom is 0.277 e. The summed E-state index contributed by atoms with van der Waals surface area (Å²) in [6, 6.07) is 3.97. The van der Waals surface area contributed by atoms with Crippen LogP contribution in [0.5, 0.6) is 0 Å². The first-order chi connectivity index (χ1) is 8.58. The second-order valence-electron chi connectivity index (χ2n) is 3.30. The van der Waals surface area contributed by atoms with E-state index in [4.69, 9.17) is 18.0 Å². The molecule has 0 saturated heterocycles. The van der Waals surface area contributed by atoms with E-state index in [2.05, 4.69) is 14.9 Å². The maximum atomic E-state index is 13.3. The predicted octanol–water partition coefficient (Wildman–Crippen LogP) is 1.56. The molecule has 0 saturated carbocycles. The number of nitrogens with two attached hydrogens (primary N) is 1. The monoisotopic (exact) mass is 282 g/mol. The number of thiocarbonyl (C=S) groups is 1. The SMILES string of the molecule is NC(=S)c1cc(NC(=O)c2csnn2)ccc1F. The van der Waals surface area contributed by atoms with Gasteiger partial charge in [-0.3, -0.25) is 4.79 Å². The molecule has 1 amide bonds. The fraction of sp³-hybridized carbons (Fsp3) is 0. The number of nitrogens with one attached hydrogen (secondary N) is 1. The molecule has 0 unspecified atom stereocenters. The number of carbonyl (C=O) groups excluding carboxylic acids is 1. The standard InChI is InChI=1S/C10H7FN4OS2/c11-7-2-1-5(3-6(7)9(12)17)13-10(16)8-4-18-15-14-8/h1-4H,(H2,12,17)(H,13,16). The summed E-state index contributed by atoms with van der Waals surface area (Å²) in [4.78, 5) is 11.6. The van der Waals surface area contributed by atoms with Crippen LogP contribution in [0.15, 0.2) is 23.6 Å². The molecule has 1 aromatic carbocycles. The van der Waals surface area contributed by atoms with Crippen LogP contribution >= 0.6 is 23.8 Å². The first-order valence-electron chi connectivity index (χ1n) is 4.75. The van der Waals surface area contributed by atoms with E-state index in [9.17, 15) is 9.18 Å². The molecule has 3 N–H and O–H groups in total. The quantitative estimate of drug-likeness (QED) is 0.835. The van der Waals surface area contributed by atoms with Crippen molar-refractivity contribution in [1.82, 2.24) is 9.59 Å². The molecule has 2 aromatic rings. The third-order valence-electron chi connectivity index (χ3n) is 2.08. The largest absolute Gasteiger partial charge is 0.389 e. The Kier molecular flexibility index (Phi) is 3.58. The van der Waals surface area contributed by atoms with Gasteiger partial charge in [-0.1, -0.05) is 16.7 Å². The zero-order chi connectivity index (χ0) is 13.1. The molecule has 5 nitrogen and oxygen atoms in total. The topological polar surface area (TPSA) is 80.9 Å². The number of rotatable bonds is 3. The van der Waals surface area contributed by atoms with Crippen molar-refractivity contribution in [2.45, 2.75) is 0 Å². The number of amides is 1. The lowest BCUT2D eigenvalue weighted by Gasteiger charge is -2.06. The van der Waals surface area contributed by atoms with Gasteiger partial charge in [0, 0.05) is 16.6 Å². The van der Waals surface area contributed by atoms with Gasteiger partial charge in [0.05, 0.1) is 0 Å². The van der Waals surface area contributed by atoms with Gasteiger partial charge < -0.3 is 11.1 Å². The zero-order valence-corrected chi connectivity index (χ0v) is 10.5. The highest BCUT2D eigenvalue weighted by Gasteiger charge is 2.11. The van der Waals surface area contributed by atoms with Crippen LogP contribution in [0.25, 0.3) is 0 Å². The lowest BCUT2D eigenvalue weighted by atomic mass is 10.2. The average Bonchev–Trinajstić information content (AvgIpc) is 2.85. The summed E-state index contributed by atoms with van der Waals surface area (Å²) in [5.74, 6) is -0.958. The molecule has 0 spiro atoms. The molecule has 18 heavy (non-hydrogen) atoms. The van der Waals surface area contributed by atoms with Crippen LogP contribution in [-0.2, 0) is 0 Å². The van der Waals surface area contributed by atoms with Gasteiger partial charge in [-0.05, 0) is 29.7 Å². The van der Waals surface area contributed by atoms with E-state index in [-0.39, 0.29) is 16.2 Å². The van der Waals surface area contributed by atoms with Crippen molar-refractivity contribution in [1.29, 1.82) is 0 Å². The fourth-order valence-corrected chi connectivity index (χ4v) is 1.84. The smallest absolute Gasteiger partial charge is 0.277 e. The van der Waals surface area contributed by atoms with Gasteiger partial charge in [0.15, 0.2) is 5.69 Å². The second kappa shape index (κ2) is 5.15. The molecule has 1 heterocycles. The Morgan fingerprint density at radius 1 is 1.50 bits per heavy atom. The molecule has 1 aromatic heterocycles. The van der Waals surface area contributed by atoms with Crippen LogP contribution in [0, 0.1) is 5.82 Å². The summed E-state index contributed by atoms with van der Waals surface area (Å²) in [7, 11) is 0. The molecule has 2 rings (SSSR count). The molecule has 92 valence electrons. The van der Waals surface area contributed by atoms with Crippen molar-refractivity contribution >= 4 is 40.3 Å². The Balaban J connectivity index is 2.22. The fourth-order valence-electron chi connectivity index (χ4n) is 1.25. The molecule has 0 fully saturated rings. The van der Waals surface area contributed by atoms with Crippen LogP contribution < -0.4 is 11.1 Å². The van der Waals surface area contributed by atoms with Gasteiger partial charge in [-0.25, -0.2) is 4.39 Å². The lowest BCUT2D eigenvalue weighted by Crippen LogP contribution is -2.15. The van der Waals surface area contributed by atoms with Crippen molar-refractivity contribution in [3.63, 3.8) is 0 Å². The van der Waals surface area contributed by atoms with E-state index in [1.807, 2.05) is 0 Å². The minimum absolute atomic E-state index is 0.0704. The van der Waals surface area contributed by atoms with Crippen LogP contribution in [0.1, 0.15) is 16.1 Å². The Bertz CT molecular complexity index is 600. The van der Waals surface area contributed by atoms with E-state index < -0.39 is 11.7 Å². The normalized spacial score (nSPS) is 10.1. The summed E-state index contributed by atoms with van der Waals surface area (Å²) in [6.45, 7) is 0. The number of carbonyl (C=O) groups is 1. The Morgan fingerprint density at radius 3 is 2.89 bits per heavy atom. The van der Waals surface area contributed by atoms with Gasteiger partial charge in [-0.2, -0.15) is 0 Å². The van der Waals surface area contributed by atoms with E-state index in [0.717, 1.165) is 11.5 Å². The molecular formula is C10H7FN4OS2. The first kappa shape index (κ1) is 12.5. The Labute approximate surface area is 111 Å². The third-order valence-corrected chi connectivity index (χ3v) is 2.81. The van der Waals surface area contributed by atoms with Crippen LogP contribution in [-0.4, -0.2) is 20.5 Å². The zero-order valence-electron chi connectivity index (χ0n) is 8.88. The van der Waals surface area contributed by atoms with Crippen LogP contribution in [0.3, 0.4) is 0 Å². The Morgan fingerprint density at radius 2 is 2.28 bits per heavy atom. The number of hydrogen-bond donors (Lipinski definition) is 2. The molecule has 8 heteroatoms. The molecule has 0 aliphatic heterocycles. The average molecular weight is 282 g/mol. The van der Waals surface area contributed by atoms with E-state index in [0.29, 0.717) is 5.69 Å². The van der Waals surface area contributed by atoms with Gasteiger partial charge >= 0.3 is 0 Å². The second-order valence-corrected chi connectivity index (χ2v) is 4.35.